The van der Waals surface area contributed by atoms with Gasteiger partial charge in [0, 0.05) is 23.0 Å². The smallest absolute Gasteiger partial charge is 0.307 e. The summed E-state index contributed by atoms with van der Waals surface area (Å²) >= 11 is 6.23. The van der Waals surface area contributed by atoms with Crippen LogP contribution in [0.2, 0.25) is 5.02 Å². The first-order valence-corrected chi connectivity index (χ1v) is 14.2. The van der Waals surface area contributed by atoms with Crippen LogP contribution in [0.25, 0.3) is 10.8 Å². The molecule has 0 aromatic heterocycles. The van der Waals surface area contributed by atoms with Crippen molar-refractivity contribution in [3.8, 4) is 11.5 Å². The second-order valence-electron chi connectivity index (χ2n) is 9.94. The summed E-state index contributed by atoms with van der Waals surface area (Å²) in [6, 6.07) is 27.7. The third kappa shape index (κ3) is 8.01. The molecule has 0 radical (unpaired) electrons. The number of methoxy groups -OCH3 is 2. The number of fused-ring (bicyclic) bond motifs is 1. The van der Waals surface area contributed by atoms with E-state index in [-0.39, 0.29) is 36.7 Å². The monoisotopic (exact) mass is 573 g/mol. The first kappa shape index (κ1) is 29.9. The van der Waals surface area contributed by atoms with E-state index in [0.29, 0.717) is 17.2 Å². The third-order valence-corrected chi connectivity index (χ3v) is 7.53. The van der Waals surface area contributed by atoms with Crippen molar-refractivity contribution < 1.29 is 23.8 Å². The summed E-state index contributed by atoms with van der Waals surface area (Å²) in [6.07, 6.45) is 2.06. The third-order valence-electron chi connectivity index (χ3n) is 7.28. The Morgan fingerprint density at radius 3 is 2.05 bits per heavy atom. The second-order valence-corrected chi connectivity index (χ2v) is 10.4. The van der Waals surface area contributed by atoms with Crippen molar-refractivity contribution in [1.29, 1.82) is 0 Å². The molecule has 41 heavy (non-hydrogen) atoms. The SMILES string of the molecule is CCCC(c1ccc(C(=O)NCCC(=O)OC)cc1)C(COc1ccc2cc(OC)ccc2c1)c1ccc(Cl)cc1. The lowest BCUT2D eigenvalue weighted by atomic mass is 9.79. The molecule has 2 atom stereocenters. The number of rotatable bonds is 13. The average molecular weight is 574 g/mol. The summed E-state index contributed by atoms with van der Waals surface area (Å²) in [4.78, 5) is 23.9. The molecule has 4 aromatic rings. The van der Waals surface area contributed by atoms with Crippen LogP contribution in [0, 0.1) is 0 Å². The number of ether oxygens (including phenoxy) is 3. The fourth-order valence-corrected chi connectivity index (χ4v) is 5.16. The number of hydrogen-bond acceptors (Lipinski definition) is 5. The van der Waals surface area contributed by atoms with E-state index in [4.69, 9.17) is 21.1 Å². The lowest BCUT2D eigenvalue weighted by Crippen LogP contribution is -2.26. The molecule has 0 heterocycles. The highest BCUT2D eigenvalue weighted by molar-refractivity contribution is 6.30. The maximum Gasteiger partial charge on any atom is 0.307 e. The number of amides is 1. The number of nitrogens with one attached hydrogen (secondary N) is 1. The number of carbonyl (C=O) groups excluding carboxylic acids is 2. The summed E-state index contributed by atoms with van der Waals surface area (Å²) in [5.74, 6) is 1.25. The number of benzene rings is 4. The van der Waals surface area contributed by atoms with Crippen molar-refractivity contribution in [3.05, 3.63) is 107 Å². The first-order chi connectivity index (χ1) is 19.9. The molecule has 0 bridgehead atoms. The Kier molecular flexibility index (Phi) is 10.6. The Hall–Kier alpha value is -4.03. The van der Waals surface area contributed by atoms with Crippen LogP contribution in [0.5, 0.6) is 11.5 Å². The zero-order valence-electron chi connectivity index (χ0n) is 23.7. The summed E-state index contributed by atoms with van der Waals surface area (Å²) < 4.78 is 16.4. The number of halogens is 1. The highest BCUT2D eigenvalue weighted by Crippen LogP contribution is 2.38. The lowest BCUT2D eigenvalue weighted by Gasteiger charge is -2.28. The molecular formula is C34H36ClNO5. The van der Waals surface area contributed by atoms with Gasteiger partial charge in [-0.3, -0.25) is 9.59 Å². The van der Waals surface area contributed by atoms with Crippen LogP contribution in [0.15, 0.2) is 84.9 Å². The second kappa shape index (κ2) is 14.6. The van der Waals surface area contributed by atoms with Gasteiger partial charge in [-0.25, -0.2) is 0 Å². The van der Waals surface area contributed by atoms with E-state index >= 15 is 0 Å². The van der Waals surface area contributed by atoms with E-state index in [1.807, 2.05) is 66.7 Å². The fraction of sp³-hybridized carbons (Fsp3) is 0.294. The molecule has 7 heteroatoms. The highest BCUT2D eigenvalue weighted by atomic mass is 35.5. The Labute approximate surface area is 246 Å². The van der Waals surface area contributed by atoms with Gasteiger partial charge in [-0.15, -0.1) is 0 Å². The van der Waals surface area contributed by atoms with Gasteiger partial charge in [0.2, 0.25) is 0 Å². The Morgan fingerprint density at radius 1 is 0.805 bits per heavy atom. The standard InChI is InChI=1S/C34H36ClNO5/c1-4-5-31(23-6-8-25(9-7-23)34(38)36-19-18-33(37)40-3)32(24-10-14-28(35)15-11-24)22-41-30-17-13-26-20-29(39-2)16-12-27(26)21-30/h6-17,20-21,31-32H,4-5,18-19,22H2,1-3H3,(H,36,38). The zero-order chi connectivity index (χ0) is 29.2. The fourth-order valence-electron chi connectivity index (χ4n) is 5.03. The van der Waals surface area contributed by atoms with E-state index in [2.05, 4.69) is 35.2 Å². The van der Waals surface area contributed by atoms with E-state index in [9.17, 15) is 9.59 Å². The van der Waals surface area contributed by atoms with Crippen molar-refractivity contribution in [2.75, 3.05) is 27.4 Å². The lowest BCUT2D eigenvalue weighted by molar-refractivity contribution is -0.140. The van der Waals surface area contributed by atoms with Crippen LogP contribution in [-0.4, -0.2) is 39.2 Å². The molecular weight excluding hydrogens is 538 g/mol. The van der Waals surface area contributed by atoms with Crippen molar-refractivity contribution in [3.63, 3.8) is 0 Å². The van der Waals surface area contributed by atoms with Gasteiger partial charge in [0.25, 0.3) is 5.91 Å². The molecule has 0 saturated carbocycles. The molecule has 1 N–H and O–H groups in total. The van der Waals surface area contributed by atoms with Crippen LogP contribution in [0.1, 0.15) is 59.5 Å². The summed E-state index contributed by atoms with van der Waals surface area (Å²) in [6.45, 7) is 2.88. The summed E-state index contributed by atoms with van der Waals surface area (Å²) in [5.41, 5.74) is 2.82. The molecule has 1 amide bonds. The molecule has 4 rings (SSSR count). The number of carbonyl (C=O) groups is 2. The topological polar surface area (TPSA) is 73.9 Å². The van der Waals surface area contributed by atoms with Gasteiger partial charge in [0.05, 0.1) is 27.2 Å². The van der Waals surface area contributed by atoms with Crippen LogP contribution in [-0.2, 0) is 9.53 Å². The molecule has 2 unspecified atom stereocenters. The predicted molar refractivity (Wildman–Crippen MR) is 163 cm³/mol. The van der Waals surface area contributed by atoms with Crippen molar-refractivity contribution >= 4 is 34.2 Å². The molecule has 6 nitrogen and oxygen atoms in total. The average Bonchev–Trinajstić information content (AvgIpc) is 3.01. The Morgan fingerprint density at radius 2 is 1.41 bits per heavy atom. The molecule has 0 aliphatic carbocycles. The van der Waals surface area contributed by atoms with Gasteiger partial charge >= 0.3 is 5.97 Å². The van der Waals surface area contributed by atoms with Gasteiger partial charge < -0.3 is 19.5 Å². The minimum Gasteiger partial charge on any atom is -0.497 e. The normalized spacial score (nSPS) is 12.4. The molecule has 0 saturated heterocycles. The molecule has 0 aliphatic heterocycles. The van der Waals surface area contributed by atoms with Gasteiger partial charge in [-0.1, -0.05) is 61.3 Å². The Balaban J connectivity index is 1.55. The van der Waals surface area contributed by atoms with Crippen molar-refractivity contribution in [2.45, 2.75) is 38.0 Å². The van der Waals surface area contributed by atoms with E-state index in [1.54, 1.807) is 7.11 Å². The molecule has 0 fully saturated rings. The van der Waals surface area contributed by atoms with Gasteiger partial charge in [0.15, 0.2) is 0 Å². The van der Waals surface area contributed by atoms with Crippen molar-refractivity contribution in [1.82, 2.24) is 5.32 Å². The van der Waals surface area contributed by atoms with Gasteiger partial charge in [-0.05, 0) is 82.8 Å². The first-order valence-electron chi connectivity index (χ1n) is 13.8. The number of esters is 1. The van der Waals surface area contributed by atoms with Gasteiger partial charge in [-0.2, -0.15) is 0 Å². The minimum atomic E-state index is -0.359. The van der Waals surface area contributed by atoms with E-state index in [1.165, 1.54) is 7.11 Å². The summed E-state index contributed by atoms with van der Waals surface area (Å²) in [5, 5.41) is 5.63. The summed E-state index contributed by atoms with van der Waals surface area (Å²) in [7, 11) is 3.00. The maximum absolute atomic E-state index is 12.6. The maximum atomic E-state index is 12.6. The van der Waals surface area contributed by atoms with Crippen LogP contribution in [0.3, 0.4) is 0 Å². The van der Waals surface area contributed by atoms with Gasteiger partial charge in [0.1, 0.15) is 11.5 Å². The molecule has 0 aliphatic rings. The minimum absolute atomic E-state index is 0.0542. The highest BCUT2D eigenvalue weighted by Gasteiger charge is 2.26. The predicted octanol–water partition coefficient (Wildman–Crippen LogP) is 7.54. The zero-order valence-corrected chi connectivity index (χ0v) is 24.4. The van der Waals surface area contributed by atoms with E-state index < -0.39 is 0 Å². The quantitative estimate of drug-likeness (QED) is 0.167. The van der Waals surface area contributed by atoms with Crippen LogP contribution >= 0.6 is 11.6 Å². The largest absolute Gasteiger partial charge is 0.497 e. The van der Waals surface area contributed by atoms with Crippen LogP contribution < -0.4 is 14.8 Å². The van der Waals surface area contributed by atoms with E-state index in [0.717, 1.165) is 46.2 Å². The molecule has 214 valence electrons. The molecule has 4 aromatic carbocycles. The Bertz CT molecular complexity index is 1450. The van der Waals surface area contributed by atoms with Crippen LogP contribution in [0.4, 0.5) is 0 Å². The number of hydrogen-bond donors (Lipinski definition) is 1. The van der Waals surface area contributed by atoms with Crippen molar-refractivity contribution in [2.24, 2.45) is 0 Å². The molecule has 0 spiro atoms.